The van der Waals surface area contributed by atoms with Crippen LogP contribution in [-0.4, -0.2) is 17.5 Å². The van der Waals surface area contributed by atoms with E-state index in [-0.39, 0.29) is 12.3 Å². The molecule has 0 bridgehead atoms. The van der Waals surface area contributed by atoms with Crippen molar-refractivity contribution in [2.75, 3.05) is 11.9 Å². The summed E-state index contributed by atoms with van der Waals surface area (Å²) >= 11 is 0. The molecule has 0 aliphatic carbocycles. The van der Waals surface area contributed by atoms with Crippen molar-refractivity contribution in [2.45, 2.75) is 13.0 Å². The summed E-state index contributed by atoms with van der Waals surface area (Å²) in [5.41, 5.74) is 2.68. The van der Waals surface area contributed by atoms with Gasteiger partial charge in [-0.3, -0.25) is 9.78 Å². The topological polar surface area (TPSA) is 84.3 Å². The molecule has 0 aliphatic rings. The standard InChI is InChI=1S/C17H16N2O4/c20-16(8-9-22-11-12-4-2-1-3-5-12)18-13-6-7-15-14(10-13)19-17(21)23-15/h1-7,10H,8-9,11H2,(H,18,20)(H,19,21). The zero-order valence-electron chi connectivity index (χ0n) is 12.4. The highest BCUT2D eigenvalue weighted by molar-refractivity contribution is 5.92. The third-order valence-corrected chi connectivity index (χ3v) is 3.29. The summed E-state index contributed by atoms with van der Waals surface area (Å²) in [5.74, 6) is -0.666. The number of hydrogen-bond donors (Lipinski definition) is 2. The predicted octanol–water partition coefficient (Wildman–Crippen LogP) is 2.67. The average Bonchev–Trinajstić information content (AvgIpc) is 2.92. The number of oxazole rings is 1. The number of ether oxygens (including phenoxy) is 1. The SMILES string of the molecule is O=C(CCOCc1ccccc1)Nc1ccc2oc(=O)[nH]c2c1. The maximum absolute atomic E-state index is 11.9. The highest BCUT2D eigenvalue weighted by Gasteiger charge is 2.06. The van der Waals surface area contributed by atoms with Gasteiger partial charge in [-0.05, 0) is 23.8 Å². The number of carbonyl (C=O) groups is 1. The molecule has 2 N–H and O–H groups in total. The molecule has 3 aromatic rings. The summed E-state index contributed by atoms with van der Waals surface area (Å²) in [6.45, 7) is 0.821. The minimum absolute atomic E-state index is 0.150. The van der Waals surface area contributed by atoms with Crippen molar-refractivity contribution >= 4 is 22.7 Å². The van der Waals surface area contributed by atoms with Crippen LogP contribution in [0.1, 0.15) is 12.0 Å². The molecular weight excluding hydrogens is 296 g/mol. The number of nitrogens with one attached hydrogen (secondary N) is 2. The summed E-state index contributed by atoms with van der Waals surface area (Å²) in [4.78, 5) is 25.5. The Labute approximate surface area is 132 Å². The lowest BCUT2D eigenvalue weighted by molar-refractivity contribution is -0.117. The summed E-state index contributed by atoms with van der Waals surface area (Å²) in [6.07, 6.45) is 0.257. The van der Waals surface area contributed by atoms with Crippen molar-refractivity contribution in [3.8, 4) is 0 Å². The number of anilines is 1. The number of carbonyl (C=O) groups excluding carboxylic acids is 1. The molecule has 0 aliphatic heterocycles. The number of aromatic amines is 1. The van der Waals surface area contributed by atoms with E-state index in [4.69, 9.17) is 9.15 Å². The van der Waals surface area contributed by atoms with Gasteiger partial charge in [0.2, 0.25) is 5.91 Å². The molecule has 0 unspecified atom stereocenters. The molecule has 6 heteroatoms. The number of amides is 1. The highest BCUT2D eigenvalue weighted by Crippen LogP contribution is 2.16. The second-order valence-corrected chi connectivity index (χ2v) is 5.06. The van der Waals surface area contributed by atoms with Gasteiger partial charge in [0.05, 0.1) is 25.2 Å². The van der Waals surface area contributed by atoms with E-state index in [2.05, 4.69) is 10.3 Å². The zero-order valence-corrected chi connectivity index (χ0v) is 12.4. The van der Waals surface area contributed by atoms with E-state index < -0.39 is 5.76 Å². The van der Waals surface area contributed by atoms with Gasteiger partial charge in [-0.1, -0.05) is 30.3 Å². The second kappa shape index (κ2) is 6.93. The number of fused-ring (bicyclic) bond motifs is 1. The summed E-state index contributed by atoms with van der Waals surface area (Å²) in [7, 11) is 0. The van der Waals surface area contributed by atoms with Crippen LogP contribution in [0.2, 0.25) is 0 Å². The fourth-order valence-electron chi connectivity index (χ4n) is 2.18. The molecule has 1 aromatic heterocycles. The largest absolute Gasteiger partial charge is 0.417 e. The van der Waals surface area contributed by atoms with Crippen LogP contribution in [0, 0.1) is 0 Å². The normalized spacial score (nSPS) is 10.8. The van der Waals surface area contributed by atoms with Gasteiger partial charge in [0.1, 0.15) is 0 Å². The van der Waals surface area contributed by atoms with Crippen LogP contribution >= 0.6 is 0 Å². The summed E-state index contributed by atoms with van der Waals surface area (Å²) in [6, 6.07) is 14.8. The van der Waals surface area contributed by atoms with Crippen molar-refractivity contribution < 1.29 is 13.9 Å². The van der Waals surface area contributed by atoms with Crippen LogP contribution in [0.25, 0.3) is 11.1 Å². The monoisotopic (exact) mass is 312 g/mol. The highest BCUT2D eigenvalue weighted by atomic mass is 16.5. The number of aromatic nitrogens is 1. The lowest BCUT2D eigenvalue weighted by Crippen LogP contribution is -2.14. The minimum atomic E-state index is -0.516. The molecule has 1 heterocycles. The first-order valence-electron chi connectivity index (χ1n) is 7.25. The Kier molecular flexibility index (Phi) is 4.54. The molecule has 0 radical (unpaired) electrons. The van der Waals surface area contributed by atoms with E-state index in [0.717, 1.165) is 5.56 Å². The molecule has 2 aromatic carbocycles. The van der Waals surface area contributed by atoms with Crippen molar-refractivity contribution in [1.82, 2.24) is 4.98 Å². The molecule has 0 atom stereocenters. The van der Waals surface area contributed by atoms with Crippen LogP contribution < -0.4 is 11.1 Å². The molecule has 0 spiro atoms. The molecule has 0 saturated heterocycles. The van der Waals surface area contributed by atoms with Crippen LogP contribution in [-0.2, 0) is 16.1 Å². The number of hydrogen-bond acceptors (Lipinski definition) is 4. The van der Waals surface area contributed by atoms with Crippen LogP contribution in [0.4, 0.5) is 5.69 Å². The van der Waals surface area contributed by atoms with Gasteiger partial charge in [-0.2, -0.15) is 0 Å². The number of rotatable bonds is 6. The predicted molar refractivity (Wildman–Crippen MR) is 86.2 cm³/mol. The summed E-state index contributed by atoms with van der Waals surface area (Å²) in [5, 5.41) is 2.76. The lowest BCUT2D eigenvalue weighted by Gasteiger charge is -2.06. The Morgan fingerprint density at radius 1 is 1.17 bits per heavy atom. The molecule has 6 nitrogen and oxygen atoms in total. The lowest BCUT2D eigenvalue weighted by atomic mass is 10.2. The molecule has 23 heavy (non-hydrogen) atoms. The molecule has 118 valence electrons. The summed E-state index contributed by atoms with van der Waals surface area (Å²) < 4.78 is 10.4. The van der Waals surface area contributed by atoms with E-state index in [9.17, 15) is 9.59 Å². The average molecular weight is 312 g/mol. The number of H-pyrrole nitrogens is 1. The Morgan fingerprint density at radius 2 is 2.00 bits per heavy atom. The van der Waals surface area contributed by atoms with Crippen LogP contribution in [0.5, 0.6) is 0 Å². The molecule has 1 amide bonds. The van der Waals surface area contributed by atoms with Gasteiger partial charge in [0.25, 0.3) is 0 Å². The van der Waals surface area contributed by atoms with Crippen LogP contribution in [0.15, 0.2) is 57.7 Å². The Balaban J connectivity index is 1.47. The van der Waals surface area contributed by atoms with E-state index in [1.807, 2.05) is 30.3 Å². The molecule has 0 fully saturated rings. The fraction of sp³-hybridized carbons (Fsp3) is 0.176. The van der Waals surface area contributed by atoms with Crippen LogP contribution in [0.3, 0.4) is 0 Å². The zero-order chi connectivity index (χ0) is 16.1. The third-order valence-electron chi connectivity index (χ3n) is 3.29. The molecule has 0 saturated carbocycles. The third kappa shape index (κ3) is 4.08. The van der Waals surface area contributed by atoms with Crippen molar-refractivity contribution in [3.05, 3.63) is 64.6 Å². The maximum Gasteiger partial charge on any atom is 0.417 e. The van der Waals surface area contributed by atoms with Gasteiger partial charge in [0.15, 0.2) is 5.58 Å². The van der Waals surface area contributed by atoms with E-state index >= 15 is 0 Å². The van der Waals surface area contributed by atoms with E-state index in [1.165, 1.54) is 0 Å². The van der Waals surface area contributed by atoms with Crippen molar-refractivity contribution in [3.63, 3.8) is 0 Å². The Bertz CT molecular complexity index is 852. The fourth-order valence-corrected chi connectivity index (χ4v) is 2.18. The minimum Gasteiger partial charge on any atom is -0.408 e. The Morgan fingerprint density at radius 3 is 2.83 bits per heavy atom. The van der Waals surface area contributed by atoms with Gasteiger partial charge < -0.3 is 14.5 Å². The van der Waals surface area contributed by atoms with Crippen molar-refractivity contribution in [1.29, 1.82) is 0 Å². The van der Waals surface area contributed by atoms with Gasteiger partial charge >= 0.3 is 5.76 Å². The van der Waals surface area contributed by atoms with E-state index in [1.54, 1.807) is 18.2 Å². The smallest absolute Gasteiger partial charge is 0.408 e. The van der Waals surface area contributed by atoms with Gasteiger partial charge in [-0.25, -0.2) is 4.79 Å². The quantitative estimate of drug-likeness (QED) is 0.685. The van der Waals surface area contributed by atoms with E-state index in [0.29, 0.717) is 30.0 Å². The first kappa shape index (κ1) is 15.1. The number of benzene rings is 2. The molecule has 3 rings (SSSR count). The first-order valence-corrected chi connectivity index (χ1v) is 7.25. The maximum atomic E-state index is 11.9. The van der Waals surface area contributed by atoms with Gasteiger partial charge in [0, 0.05) is 5.69 Å². The second-order valence-electron chi connectivity index (χ2n) is 5.06. The Hall–Kier alpha value is -2.86. The van der Waals surface area contributed by atoms with Gasteiger partial charge in [-0.15, -0.1) is 0 Å². The molecular formula is C17H16N2O4. The van der Waals surface area contributed by atoms with Crippen molar-refractivity contribution in [2.24, 2.45) is 0 Å². The first-order chi connectivity index (χ1) is 11.2.